The van der Waals surface area contributed by atoms with Crippen LogP contribution in [0.4, 0.5) is 48.3 Å². The van der Waals surface area contributed by atoms with E-state index in [2.05, 4.69) is 0 Å². The second-order valence-corrected chi connectivity index (χ2v) is 4.42. The van der Waals surface area contributed by atoms with Crippen LogP contribution in [-0.2, 0) is 9.47 Å². The minimum absolute atomic E-state index is 0.704. The highest BCUT2D eigenvalue weighted by molar-refractivity contribution is 14.1. The van der Waals surface area contributed by atoms with E-state index in [9.17, 15) is 48.3 Å². The van der Waals surface area contributed by atoms with Crippen molar-refractivity contribution in [2.24, 2.45) is 0 Å². The Kier molecular flexibility index (Phi) is 6.14. The zero-order valence-electron chi connectivity index (χ0n) is 9.27. The molecule has 21 heavy (non-hydrogen) atoms. The van der Waals surface area contributed by atoms with E-state index in [1.54, 1.807) is 4.74 Å². The van der Waals surface area contributed by atoms with E-state index < -0.39 is 41.5 Å². The Balaban J connectivity index is 5.27. The van der Waals surface area contributed by atoms with Gasteiger partial charge >= 0.3 is 30.6 Å². The van der Waals surface area contributed by atoms with Crippen LogP contribution in [0.3, 0.4) is 0 Å². The van der Waals surface area contributed by atoms with Crippen molar-refractivity contribution in [3.63, 3.8) is 0 Å². The Hall–Kier alpha value is -0.120. The van der Waals surface area contributed by atoms with Crippen LogP contribution in [0, 0.1) is 0 Å². The highest BCUT2D eigenvalue weighted by Gasteiger charge is 2.71. The van der Waals surface area contributed by atoms with Gasteiger partial charge in [-0.05, 0) is 0 Å². The zero-order valence-corrected chi connectivity index (χ0v) is 11.4. The van der Waals surface area contributed by atoms with Crippen molar-refractivity contribution in [2.75, 3.05) is 4.43 Å². The third kappa shape index (κ3) is 5.54. The Bertz CT molecular complexity index is 353. The quantitative estimate of drug-likeness (QED) is 0.312. The van der Waals surface area contributed by atoms with Gasteiger partial charge in [-0.2, -0.15) is 35.1 Å². The summed E-state index contributed by atoms with van der Waals surface area (Å²) in [6.07, 6.45) is -27.6. The molecule has 0 amide bonds. The fourth-order valence-corrected chi connectivity index (χ4v) is 1.44. The lowest BCUT2D eigenvalue weighted by Gasteiger charge is -2.32. The van der Waals surface area contributed by atoms with Crippen LogP contribution in [-0.4, -0.2) is 35.0 Å². The fraction of sp³-hybridized carbons (Fsp3) is 1.00. The van der Waals surface area contributed by atoms with Gasteiger partial charge in [0.2, 0.25) is 0 Å². The van der Waals surface area contributed by atoms with Crippen LogP contribution in [0.1, 0.15) is 6.42 Å². The predicted molar refractivity (Wildman–Crippen MR) is 51.5 cm³/mol. The number of alkyl halides is 12. The highest BCUT2D eigenvalue weighted by atomic mass is 127. The molecule has 0 rings (SSSR count). The summed E-state index contributed by atoms with van der Waals surface area (Å²) in [6, 6.07) is 0. The number of halogens is 12. The minimum atomic E-state index is -6.67. The molecule has 0 aromatic rings. The van der Waals surface area contributed by atoms with Crippen LogP contribution in [0.2, 0.25) is 0 Å². The molecule has 0 N–H and O–H groups in total. The topological polar surface area (TPSA) is 18.5 Å². The van der Waals surface area contributed by atoms with Gasteiger partial charge in [-0.1, -0.05) is 22.6 Å². The normalized spacial score (nSPS) is 15.4. The molecule has 0 radical (unpaired) electrons. The third-order valence-electron chi connectivity index (χ3n) is 1.67. The van der Waals surface area contributed by atoms with Crippen molar-refractivity contribution in [3.8, 4) is 0 Å². The SMILES string of the molecule is FC(F)(F)OC(F)(F)C(F)(F)OC(F)(F)C(F)(F)CCI. The van der Waals surface area contributed by atoms with Crippen molar-refractivity contribution in [2.45, 2.75) is 37.0 Å². The van der Waals surface area contributed by atoms with Gasteiger partial charge in [-0.15, -0.1) is 13.2 Å². The van der Waals surface area contributed by atoms with Crippen molar-refractivity contribution in [3.05, 3.63) is 0 Å². The molecule has 0 heterocycles. The molecule has 0 aliphatic carbocycles. The molecule has 0 saturated carbocycles. The van der Waals surface area contributed by atoms with Crippen LogP contribution in [0.25, 0.3) is 0 Å². The van der Waals surface area contributed by atoms with Gasteiger partial charge in [0.15, 0.2) is 0 Å². The molecule has 0 aromatic carbocycles. The molecule has 0 saturated heterocycles. The van der Waals surface area contributed by atoms with Gasteiger partial charge in [0.05, 0.1) is 0 Å². The Labute approximate surface area is 122 Å². The summed E-state index contributed by atoms with van der Waals surface area (Å²) in [5, 5.41) is 0. The lowest BCUT2D eigenvalue weighted by Crippen LogP contribution is -2.55. The largest absolute Gasteiger partial charge is 0.527 e. The third-order valence-corrected chi connectivity index (χ3v) is 2.21. The first-order valence-corrected chi connectivity index (χ1v) is 6.04. The first kappa shape index (κ1) is 20.9. The Morgan fingerprint density at radius 2 is 1.00 bits per heavy atom. The van der Waals surface area contributed by atoms with Crippen LogP contribution in [0.15, 0.2) is 0 Å². The van der Waals surface area contributed by atoms with Gasteiger partial charge < -0.3 is 0 Å². The maximum atomic E-state index is 12.7. The number of ether oxygens (including phenoxy) is 2. The van der Waals surface area contributed by atoms with Crippen molar-refractivity contribution in [1.29, 1.82) is 0 Å². The molecular formula is C7H4F11IO2. The minimum Gasteiger partial charge on any atom is -0.243 e. The van der Waals surface area contributed by atoms with Crippen LogP contribution >= 0.6 is 22.6 Å². The standard InChI is InChI=1S/C7H4F11IO2/c8-3(9,1-2-19)4(10,11)20-5(12,13)6(14,15)21-7(16,17)18/h1-2H2. The summed E-state index contributed by atoms with van der Waals surface area (Å²) in [4.78, 5) is 0. The van der Waals surface area contributed by atoms with E-state index in [0.717, 1.165) is 22.6 Å². The first-order valence-electron chi connectivity index (χ1n) is 4.52. The molecule has 0 spiro atoms. The number of rotatable bonds is 7. The van der Waals surface area contributed by atoms with E-state index in [1.165, 1.54) is 0 Å². The monoisotopic (exact) mass is 456 g/mol. The summed E-state index contributed by atoms with van der Waals surface area (Å²) >= 11 is 1.15. The molecule has 0 fully saturated rings. The zero-order chi connectivity index (χ0) is 17.3. The maximum absolute atomic E-state index is 12.7. The molecule has 0 aliphatic heterocycles. The van der Waals surface area contributed by atoms with Crippen LogP contribution in [0.5, 0.6) is 0 Å². The summed E-state index contributed by atoms with van der Waals surface area (Å²) in [5.41, 5.74) is 0. The molecule has 0 aliphatic rings. The average Bonchev–Trinajstić information content (AvgIpc) is 2.10. The van der Waals surface area contributed by atoms with Crippen molar-refractivity contribution < 1.29 is 57.8 Å². The van der Waals surface area contributed by atoms with E-state index in [4.69, 9.17) is 0 Å². The molecular weight excluding hydrogens is 452 g/mol. The highest BCUT2D eigenvalue weighted by Crippen LogP contribution is 2.47. The Morgan fingerprint density at radius 1 is 0.619 bits per heavy atom. The van der Waals surface area contributed by atoms with Crippen LogP contribution < -0.4 is 0 Å². The molecule has 0 bridgehead atoms. The van der Waals surface area contributed by atoms with Gasteiger partial charge in [0.1, 0.15) is 0 Å². The fourth-order valence-electron chi connectivity index (χ4n) is 0.764. The Morgan fingerprint density at radius 3 is 1.33 bits per heavy atom. The van der Waals surface area contributed by atoms with E-state index in [1.807, 2.05) is 4.74 Å². The van der Waals surface area contributed by atoms with Gasteiger partial charge in [-0.3, -0.25) is 0 Å². The molecule has 2 nitrogen and oxygen atoms in total. The van der Waals surface area contributed by atoms with Crippen molar-refractivity contribution >= 4 is 22.6 Å². The average molecular weight is 456 g/mol. The smallest absolute Gasteiger partial charge is 0.243 e. The second-order valence-electron chi connectivity index (χ2n) is 3.34. The van der Waals surface area contributed by atoms with Crippen molar-refractivity contribution in [1.82, 2.24) is 0 Å². The summed E-state index contributed by atoms with van der Waals surface area (Å²) < 4.78 is 138. The maximum Gasteiger partial charge on any atom is 0.527 e. The van der Waals surface area contributed by atoms with E-state index in [0.29, 0.717) is 0 Å². The van der Waals surface area contributed by atoms with E-state index >= 15 is 0 Å². The lowest BCUT2D eigenvalue weighted by atomic mass is 10.2. The molecule has 128 valence electrons. The number of hydrogen-bond donors (Lipinski definition) is 0. The summed E-state index contributed by atoms with van der Waals surface area (Å²) in [5.74, 6) is -5.31. The van der Waals surface area contributed by atoms with Gasteiger partial charge in [0, 0.05) is 10.8 Å². The summed E-state index contributed by atoms with van der Waals surface area (Å²) in [7, 11) is 0. The summed E-state index contributed by atoms with van der Waals surface area (Å²) in [6.45, 7) is 0. The molecule has 0 aromatic heterocycles. The molecule has 0 unspecified atom stereocenters. The lowest BCUT2D eigenvalue weighted by molar-refractivity contribution is -0.540. The van der Waals surface area contributed by atoms with Gasteiger partial charge in [-0.25, -0.2) is 9.47 Å². The predicted octanol–water partition coefficient (Wildman–Crippen LogP) is 4.78. The van der Waals surface area contributed by atoms with Gasteiger partial charge in [0.25, 0.3) is 0 Å². The molecule has 0 atom stereocenters. The molecule has 14 heteroatoms. The second kappa shape index (κ2) is 6.17. The number of hydrogen-bond acceptors (Lipinski definition) is 2. The van der Waals surface area contributed by atoms with E-state index in [-0.39, 0.29) is 0 Å². The first-order chi connectivity index (χ1) is 8.97.